The van der Waals surface area contributed by atoms with Gasteiger partial charge in [0, 0.05) is 3.57 Å². The monoisotopic (exact) mass is 278 g/mol. The lowest BCUT2D eigenvalue weighted by Gasteiger charge is -2.34. The first-order chi connectivity index (χ1) is 5.71. The average Bonchev–Trinajstić information content (AvgIpc) is 2.02. The third kappa shape index (κ3) is 1.35. The molecule has 0 N–H and O–H groups in total. The van der Waals surface area contributed by atoms with Gasteiger partial charge in [0.15, 0.2) is 5.67 Å². The Bertz CT molecular complexity index is 279. The van der Waals surface area contributed by atoms with Crippen LogP contribution in [0, 0.1) is 3.57 Å². The van der Waals surface area contributed by atoms with E-state index in [-0.39, 0.29) is 13.2 Å². The Hall–Kier alpha value is -0.160. The van der Waals surface area contributed by atoms with E-state index < -0.39 is 5.67 Å². The van der Waals surface area contributed by atoms with Crippen LogP contribution >= 0.6 is 22.6 Å². The number of hydrogen-bond donors (Lipinski definition) is 0. The van der Waals surface area contributed by atoms with Crippen molar-refractivity contribution in [2.24, 2.45) is 0 Å². The molecule has 1 aliphatic rings. The van der Waals surface area contributed by atoms with E-state index in [1.807, 2.05) is 24.3 Å². The molecule has 0 bridgehead atoms. The Labute approximate surface area is 84.1 Å². The van der Waals surface area contributed by atoms with Crippen LogP contribution in [0.1, 0.15) is 5.56 Å². The van der Waals surface area contributed by atoms with Crippen LogP contribution in [0.15, 0.2) is 24.3 Å². The van der Waals surface area contributed by atoms with E-state index in [4.69, 9.17) is 4.74 Å². The van der Waals surface area contributed by atoms with Gasteiger partial charge in [-0.1, -0.05) is 12.1 Å². The molecule has 1 aromatic carbocycles. The van der Waals surface area contributed by atoms with Crippen molar-refractivity contribution in [3.63, 3.8) is 0 Å². The average molecular weight is 278 g/mol. The lowest BCUT2D eigenvalue weighted by atomic mass is 9.94. The second-order valence-electron chi connectivity index (χ2n) is 2.96. The van der Waals surface area contributed by atoms with Gasteiger partial charge in [0.05, 0.1) is 13.2 Å². The standard InChI is InChI=1S/C9H8FIO/c10-9(5-12-6-9)7-1-3-8(11)4-2-7/h1-4H,5-6H2. The fraction of sp³-hybridized carbons (Fsp3) is 0.333. The van der Waals surface area contributed by atoms with Crippen molar-refractivity contribution >= 4 is 22.6 Å². The normalized spacial score (nSPS) is 20.2. The lowest BCUT2D eigenvalue weighted by molar-refractivity contribution is -0.135. The van der Waals surface area contributed by atoms with Crippen LogP contribution in [-0.4, -0.2) is 13.2 Å². The summed E-state index contributed by atoms with van der Waals surface area (Å²) in [7, 11) is 0. The maximum absolute atomic E-state index is 13.6. The summed E-state index contributed by atoms with van der Waals surface area (Å²) in [6.07, 6.45) is 0. The van der Waals surface area contributed by atoms with Crippen LogP contribution in [0.3, 0.4) is 0 Å². The minimum absolute atomic E-state index is 0.202. The van der Waals surface area contributed by atoms with Crippen molar-refractivity contribution in [1.82, 2.24) is 0 Å². The van der Waals surface area contributed by atoms with E-state index >= 15 is 0 Å². The van der Waals surface area contributed by atoms with Gasteiger partial charge in [0.1, 0.15) is 0 Å². The van der Waals surface area contributed by atoms with E-state index in [9.17, 15) is 4.39 Å². The molecule has 0 spiro atoms. The van der Waals surface area contributed by atoms with Crippen LogP contribution in [-0.2, 0) is 10.4 Å². The van der Waals surface area contributed by atoms with Crippen LogP contribution < -0.4 is 0 Å². The van der Waals surface area contributed by atoms with Crippen LogP contribution in [0.2, 0.25) is 0 Å². The highest BCUT2D eigenvalue weighted by atomic mass is 127. The first-order valence-electron chi connectivity index (χ1n) is 3.73. The molecule has 2 rings (SSSR count). The van der Waals surface area contributed by atoms with Gasteiger partial charge >= 0.3 is 0 Å². The van der Waals surface area contributed by atoms with Gasteiger partial charge in [-0.05, 0) is 40.3 Å². The smallest absolute Gasteiger partial charge is 0.182 e. The van der Waals surface area contributed by atoms with Gasteiger partial charge < -0.3 is 4.74 Å². The Morgan fingerprint density at radius 2 is 1.83 bits per heavy atom. The second-order valence-corrected chi connectivity index (χ2v) is 4.21. The maximum Gasteiger partial charge on any atom is 0.182 e. The van der Waals surface area contributed by atoms with Crippen molar-refractivity contribution in [3.8, 4) is 0 Å². The summed E-state index contributed by atoms with van der Waals surface area (Å²) in [6, 6.07) is 7.47. The highest BCUT2D eigenvalue weighted by molar-refractivity contribution is 14.1. The summed E-state index contributed by atoms with van der Waals surface area (Å²) < 4.78 is 19.6. The van der Waals surface area contributed by atoms with E-state index in [1.165, 1.54) is 0 Å². The molecule has 1 heterocycles. The topological polar surface area (TPSA) is 9.23 Å². The Kier molecular flexibility index (Phi) is 2.08. The molecule has 0 aromatic heterocycles. The molecule has 1 aromatic rings. The molecule has 12 heavy (non-hydrogen) atoms. The number of benzene rings is 1. The zero-order valence-electron chi connectivity index (χ0n) is 6.39. The van der Waals surface area contributed by atoms with Crippen molar-refractivity contribution in [3.05, 3.63) is 33.4 Å². The fourth-order valence-corrected chi connectivity index (χ4v) is 1.56. The minimum atomic E-state index is -1.22. The molecule has 0 aliphatic carbocycles. The molecule has 1 nitrogen and oxygen atoms in total. The van der Waals surface area contributed by atoms with Crippen LogP contribution in [0.5, 0.6) is 0 Å². The van der Waals surface area contributed by atoms with Gasteiger partial charge in [-0.3, -0.25) is 0 Å². The molecule has 1 fully saturated rings. The molecular formula is C9H8FIO. The van der Waals surface area contributed by atoms with Gasteiger partial charge in [-0.25, -0.2) is 4.39 Å². The van der Waals surface area contributed by atoms with Gasteiger partial charge in [-0.2, -0.15) is 0 Å². The Morgan fingerprint density at radius 1 is 1.25 bits per heavy atom. The summed E-state index contributed by atoms with van der Waals surface area (Å²) in [5.41, 5.74) is -0.487. The Morgan fingerprint density at radius 3 is 2.25 bits per heavy atom. The highest BCUT2D eigenvalue weighted by Gasteiger charge is 2.40. The molecule has 0 atom stereocenters. The fourth-order valence-electron chi connectivity index (χ4n) is 1.20. The third-order valence-electron chi connectivity index (χ3n) is 2.02. The van der Waals surface area contributed by atoms with Crippen molar-refractivity contribution in [1.29, 1.82) is 0 Å². The molecule has 0 unspecified atom stereocenters. The third-order valence-corrected chi connectivity index (χ3v) is 2.74. The summed E-state index contributed by atoms with van der Waals surface area (Å²) >= 11 is 2.20. The number of hydrogen-bond acceptors (Lipinski definition) is 1. The van der Waals surface area contributed by atoms with Gasteiger partial charge in [-0.15, -0.1) is 0 Å². The number of halogens is 2. The first-order valence-corrected chi connectivity index (χ1v) is 4.81. The molecule has 0 radical (unpaired) electrons. The molecular weight excluding hydrogens is 270 g/mol. The largest absolute Gasteiger partial charge is 0.374 e. The zero-order valence-corrected chi connectivity index (χ0v) is 8.55. The van der Waals surface area contributed by atoms with Crippen LogP contribution in [0.25, 0.3) is 0 Å². The highest BCUT2D eigenvalue weighted by Crippen LogP contribution is 2.33. The minimum Gasteiger partial charge on any atom is -0.374 e. The number of rotatable bonds is 1. The van der Waals surface area contributed by atoms with E-state index in [0.29, 0.717) is 0 Å². The zero-order chi connectivity index (χ0) is 8.60. The van der Waals surface area contributed by atoms with E-state index in [1.54, 1.807) is 0 Å². The van der Waals surface area contributed by atoms with E-state index in [0.717, 1.165) is 9.13 Å². The lowest BCUT2D eigenvalue weighted by Crippen LogP contribution is -2.42. The molecule has 1 saturated heterocycles. The summed E-state index contributed by atoms with van der Waals surface area (Å²) in [4.78, 5) is 0. The number of ether oxygens (including phenoxy) is 1. The molecule has 64 valence electrons. The second kappa shape index (κ2) is 2.96. The first kappa shape index (κ1) is 8.44. The molecule has 1 aliphatic heterocycles. The SMILES string of the molecule is FC1(c2ccc(I)cc2)COC1. The van der Waals surface area contributed by atoms with Crippen molar-refractivity contribution in [2.75, 3.05) is 13.2 Å². The quantitative estimate of drug-likeness (QED) is 0.717. The summed E-state index contributed by atoms with van der Waals surface area (Å²) in [5, 5.41) is 0. The molecule has 0 amide bonds. The van der Waals surface area contributed by atoms with Crippen LogP contribution in [0.4, 0.5) is 4.39 Å². The van der Waals surface area contributed by atoms with Gasteiger partial charge in [0.2, 0.25) is 0 Å². The molecule has 3 heteroatoms. The van der Waals surface area contributed by atoms with E-state index in [2.05, 4.69) is 22.6 Å². The Balaban J connectivity index is 2.28. The molecule has 0 saturated carbocycles. The summed E-state index contributed by atoms with van der Waals surface area (Å²) in [5.74, 6) is 0. The predicted molar refractivity (Wildman–Crippen MR) is 52.8 cm³/mol. The summed E-state index contributed by atoms with van der Waals surface area (Å²) in [6.45, 7) is 0.404. The maximum atomic E-state index is 13.6. The van der Waals surface area contributed by atoms with Crippen molar-refractivity contribution in [2.45, 2.75) is 5.67 Å². The number of alkyl halides is 1. The predicted octanol–water partition coefficient (Wildman–Crippen LogP) is 2.49. The van der Waals surface area contributed by atoms with Gasteiger partial charge in [0.25, 0.3) is 0 Å². The van der Waals surface area contributed by atoms with Crippen molar-refractivity contribution < 1.29 is 9.13 Å².